The third-order valence-corrected chi connectivity index (χ3v) is 3.35. The molecule has 0 radical (unpaired) electrons. The van der Waals surface area contributed by atoms with Gasteiger partial charge in [0.1, 0.15) is 17.9 Å². The molecule has 0 spiro atoms. The molecule has 2 aromatic rings. The van der Waals surface area contributed by atoms with E-state index in [-0.39, 0.29) is 23.9 Å². The van der Waals surface area contributed by atoms with Crippen LogP contribution in [0.15, 0.2) is 27.4 Å². The van der Waals surface area contributed by atoms with Crippen LogP contribution in [0.4, 0.5) is 5.69 Å². The molecule has 1 N–H and O–H groups in total. The molecule has 0 atom stereocenters. The Labute approximate surface area is 126 Å². The average molecular weight is 303 g/mol. The first-order chi connectivity index (χ1) is 10.3. The topological polar surface area (TPSA) is 86.4 Å². The summed E-state index contributed by atoms with van der Waals surface area (Å²) in [5, 5.41) is 6.57. The van der Waals surface area contributed by atoms with Gasteiger partial charge >= 0.3 is 5.76 Å². The lowest BCUT2D eigenvalue weighted by Gasteiger charge is -2.16. The second kappa shape index (κ2) is 5.01. The predicted octanol–water partition coefficient (Wildman–Crippen LogP) is 1.50. The molecule has 3 rings (SSSR count). The van der Waals surface area contributed by atoms with Crippen molar-refractivity contribution in [1.82, 2.24) is 9.78 Å². The lowest BCUT2D eigenvalue weighted by Crippen LogP contribution is -2.25. The summed E-state index contributed by atoms with van der Waals surface area (Å²) in [5.74, 6) is 0.0892. The van der Waals surface area contributed by atoms with E-state index in [0.29, 0.717) is 5.69 Å². The summed E-state index contributed by atoms with van der Waals surface area (Å²) in [5.41, 5.74) is 1.49. The molecule has 1 amide bonds. The Morgan fingerprint density at radius 3 is 2.91 bits per heavy atom. The lowest BCUT2D eigenvalue weighted by molar-refractivity contribution is -0.117. The van der Waals surface area contributed by atoms with Crippen LogP contribution < -0.4 is 15.8 Å². The Balaban J connectivity index is 1.71. The number of ether oxygens (including phenoxy) is 1. The number of aromatic nitrogens is 2. The number of amides is 1. The molecular formula is C15H17N3O4. The first-order valence-electron chi connectivity index (χ1n) is 6.99. The number of nitrogens with zero attached hydrogens (tertiary/aromatic N) is 2. The molecule has 0 bridgehead atoms. The summed E-state index contributed by atoms with van der Waals surface area (Å²) in [6.07, 6.45) is 0.786. The second-order valence-corrected chi connectivity index (χ2v) is 5.95. The van der Waals surface area contributed by atoms with Crippen molar-refractivity contribution in [2.24, 2.45) is 0 Å². The largest absolute Gasteiger partial charge is 0.487 e. The van der Waals surface area contributed by atoms with Crippen molar-refractivity contribution in [3.63, 3.8) is 0 Å². The first kappa shape index (κ1) is 14.4. The summed E-state index contributed by atoms with van der Waals surface area (Å²) < 4.78 is 11.5. The summed E-state index contributed by atoms with van der Waals surface area (Å²) in [7, 11) is 0. The molecule has 7 nitrogen and oxygen atoms in total. The van der Waals surface area contributed by atoms with E-state index in [1.54, 1.807) is 13.0 Å². The molecule has 116 valence electrons. The van der Waals surface area contributed by atoms with E-state index >= 15 is 0 Å². The van der Waals surface area contributed by atoms with E-state index in [1.807, 2.05) is 26.0 Å². The minimum atomic E-state index is -0.642. The highest BCUT2D eigenvalue weighted by atomic mass is 16.5. The van der Waals surface area contributed by atoms with Gasteiger partial charge in [-0.15, -0.1) is 5.10 Å². The number of benzene rings is 1. The second-order valence-electron chi connectivity index (χ2n) is 5.95. The van der Waals surface area contributed by atoms with Crippen LogP contribution in [0, 0.1) is 6.92 Å². The van der Waals surface area contributed by atoms with Crippen molar-refractivity contribution in [1.29, 1.82) is 0 Å². The number of aryl methyl sites for hydroxylation is 1. The van der Waals surface area contributed by atoms with Gasteiger partial charge in [-0.05, 0) is 32.0 Å². The maximum absolute atomic E-state index is 12.0. The molecule has 1 aromatic carbocycles. The zero-order valence-corrected chi connectivity index (χ0v) is 12.7. The number of rotatable bonds is 3. The smallest absolute Gasteiger partial charge is 0.437 e. The van der Waals surface area contributed by atoms with Gasteiger partial charge in [-0.2, -0.15) is 4.68 Å². The fraction of sp³-hybridized carbons (Fsp3) is 0.400. The van der Waals surface area contributed by atoms with Crippen LogP contribution in [0.5, 0.6) is 5.75 Å². The Kier molecular flexibility index (Phi) is 3.27. The van der Waals surface area contributed by atoms with Crippen molar-refractivity contribution in [2.45, 2.75) is 39.3 Å². The van der Waals surface area contributed by atoms with E-state index in [4.69, 9.17) is 9.15 Å². The molecule has 1 aromatic heterocycles. The number of anilines is 1. The third-order valence-electron chi connectivity index (χ3n) is 3.35. The minimum absolute atomic E-state index is 0.185. The number of carbonyl (C=O) groups is 1. The molecule has 1 aliphatic heterocycles. The molecule has 0 saturated carbocycles. The zero-order chi connectivity index (χ0) is 15.9. The Morgan fingerprint density at radius 2 is 2.23 bits per heavy atom. The highest BCUT2D eigenvalue weighted by molar-refractivity contribution is 5.90. The fourth-order valence-corrected chi connectivity index (χ4v) is 2.53. The molecule has 22 heavy (non-hydrogen) atoms. The van der Waals surface area contributed by atoms with Crippen LogP contribution in [0.3, 0.4) is 0 Å². The lowest BCUT2D eigenvalue weighted by atomic mass is 10.0. The van der Waals surface area contributed by atoms with Gasteiger partial charge in [0.15, 0.2) is 0 Å². The Morgan fingerprint density at radius 1 is 1.45 bits per heavy atom. The van der Waals surface area contributed by atoms with E-state index in [9.17, 15) is 9.59 Å². The molecule has 7 heteroatoms. The maximum Gasteiger partial charge on any atom is 0.437 e. The SMILES string of the molecule is Cc1nn(CC(=O)Nc2ccc3c(c2)CC(C)(C)O3)c(=O)o1. The van der Waals surface area contributed by atoms with Crippen LogP contribution in [0.25, 0.3) is 0 Å². The van der Waals surface area contributed by atoms with Gasteiger partial charge in [0.05, 0.1) is 0 Å². The Hall–Kier alpha value is -2.57. The third kappa shape index (κ3) is 2.88. The van der Waals surface area contributed by atoms with Gasteiger partial charge in [-0.25, -0.2) is 4.79 Å². The van der Waals surface area contributed by atoms with E-state index in [2.05, 4.69) is 10.4 Å². The predicted molar refractivity (Wildman–Crippen MR) is 79.0 cm³/mol. The van der Waals surface area contributed by atoms with Crippen molar-refractivity contribution < 1.29 is 13.9 Å². The average Bonchev–Trinajstić information content (AvgIpc) is 2.86. The summed E-state index contributed by atoms with van der Waals surface area (Å²) in [6, 6.07) is 5.50. The summed E-state index contributed by atoms with van der Waals surface area (Å²) in [4.78, 5) is 23.4. The standard InChI is InChI=1S/C15H17N3O4/c1-9-17-18(14(20)21-9)8-13(19)16-11-4-5-12-10(6-11)7-15(2,3)22-12/h4-6H,7-8H2,1-3H3,(H,16,19). The molecule has 1 aliphatic rings. The van der Waals surface area contributed by atoms with Crippen LogP contribution in [-0.2, 0) is 17.8 Å². The molecule has 2 heterocycles. The number of nitrogens with one attached hydrogen (secondary N) is 1. The van der Waals surface area contributed by atoms with E-state index < -0.39 is 5.76 Å². The summed E-state index contributed by atoms with van der Waals surface area (Å²) >= 11 is 0. The van der Waals surface area contributed by atoms with Crippen molar-refractivity contribution in [2.75, 3.05) is 5.32 Å². The van der Waals surface area contributed by atoms with Gasteiger partial charge in [-0.1, -0.05) is 0 Å². The van der Waals surface area contributed by atoms with Crippen LogP contribution in [0.2, 0.25) is 0 Å². The molecule has 0 saturated heterocycles. The van der Waals surface area contributed by atoms with E-state index in [0.717, 1.165) is 22.4 Å². The number of fused-ring (bicyclic) bond motifs is 1. The van der Waals surface area contributed by atoms with Crippen LogP contribution in [-0.4, -0.2) is 21.3 Å². The summed E-state index contributed by atoms with van der Waals surface area (Å²) in [6.45, 7) is 5.41. The van der Waals surface area contributed by atoms with Crippen molar-refractivity contribution in [3.05, 3.63) is 40.2 Å². The first-order valence-corrected chi connectivity index (χ1v) is 6.99. The van der Waals surface area contributed by atoms with Crippen LogP contribution in [0.1, 0.15) is 25.3 Å². The minimum Gasteiger partial charge on any atom is -0.487 e. The Bertz CT molecular complexity index is 788. The number of hydrogen-bond donors (Lipinski definition) is 1. The number of hydrogen-bond acceptors (Lipinski definition) is 5. The van der Waals surface area contributed by atoms with Crippen molar-refractivity contribution >= 4 is 11.6 Å². The van der Waals surface area contributed by atoms with Gasteiger partial charge < -0.3 is 14.5 Å². The fourth-order valence-electron chi connectivity index (χ4n) is 2.53. The van der Waals surface area contributed by atoms with Gasteiger partial charge in [-0.3, -0.25) is 4.79 Å². The van der Waals surface area contributed by atoms with Gasteiger partial charge in [0, 0.05) is 24.6 Å². The van der Waals surface area contributed by atoms with Gasteiger partial charge in [0.25, 0.3) is 0 Å². The molecule has 0 aliphatic carbocycles. The maximum atomic E-state index is 12.0. The normalized spacial score (nSPS) is 15.2. The molecule has 0 fully saturated rings. The highest BCUT2D eigenvalue weighted by Gasteiger charge is 2.30. The monoisotopic (exact) mass is 303 g/mol. The van der Waals surface area contributed by atoms with Crippen LogP contribution >= 0.6 is 0 Å². The number of carbonyl (C=O) groups excluding carboxylic acids is 1. The molecule has 0 unspecified atom stereocenters. The van der Waals surface area contributed by atoms with Crippen molar-refractivity contribution in [3.8, 4) is 5.75 Å². The molecular weight excluding hydrogens is 286 g/mol. The quantitative estimate of drug-likeness (QED) is 0.928. The zero-order valence-electron chi connectivity index (χ0n) is 12.7. The van der Waals surface area contributed by atoms with Gasteiger partial charge in [0.2, 0.25) is 11.8 Å². The van der Waals surface area contributed by atoms with E-state index in [1.165, 1.54) is 0 Å². The highest BCUT2D eigenvalue weighted by Crippen LogP contribution is 2.36.